The van der Waals surface area contributed by atoms with Gasteiger partial charge in [-0.15, -0.1) is 0 Å². The fourth-order valence-corrected chi connectivity index (χ4v) is 5.49. The zero-order valence-electron chi connectivity index (χ0n) is 19.9. The molecule has 192 valence electrons. The van der Waals surface area contributed by atoms with Crippen LogP contribution in [0.4, 0.5) is 24.5 Å². The van der Waals surface area contributed by atoms with Crippen molar-refractivity contribution < 1.29 is 31.1 Å². The van der Waals surface area contributed by atoms with Crippen LogP contribution in [0.3, 0.4) is 0 Å². The Hall–Kier alpha value is -4.05. The summed E-state index contributed by atoms with van der Waals surface area (Å²) in [6.07, 6.45) is -4.70. The highest BCUT2D eigenvalue weighted by Crippen LogP contribution is 2.34. The van der Waals surface area contributed by atoms with Gasteiger partial charge in [-0.2, -0.15) is 13.2 Å². The van der Waals surface area contributed by atoms with E-state index in [9.17, 15) is 26.4 Å². The lowest BCUT2D eigenvalue weighted by Crippen LogP contribution is -2.42. The Labute approximate surface area is 212 Å². The number of ether oxygens (including phenoxy) is 1. The maximum atomic E-state index is 13.9. The van der Waals surface area contributed by atoms with Crippen LogP contribution in [0.1, 0.15) is 5.56 Å². The van der Waals surface area contributed by atoms with E-state index in [4.69, 9.17) is 4.74 Å². The molecule has 37 heavy (non-hydrogen) atoms. The third kappa shape index (κ3) is 5.39. The molecule has 0 atom stereocenters. The number of carbonyl (C=O) groups is 1. The van der Waals surface area contributed by atoms with Gasteiger partial charge < -0.3 is 9.64 Å². The molecule has 4 rings (SSSR count). The third-order valence-corrected chi connectivity index (χ3v) is 7.72. The first kappa shape index (κ1) is 26.0. The Morgan fingerprint density at radius 2 is 1.51 bits per heavy atom. The zero-order chi connectivity index (χ0) is 26.8. The van der Waals surface area contributed by atoms with Gasteiger partial charge in [0.2, 0.25) is 5.91 Å². The van der Waals surface area contributed by atoms with Gasteiger partial charge in [0.05, 0.1) is 23.3 Å². The Kier molecular flexibility index (Phi) is 7.13. The average Bonchev–Trinajstić information content (AvgIpc) is 2.90. The van der Waals surface area contributed by atoms with Gasteiger partial charge in [-0.25, -0.2) is 8.42 Å². The standard InChI is InChI=1S/C27H23F3N2O4S/c1-31(21-13-15-23(36-2)16-14-21)26(33)18-32(22-10-6-9-20(17-22)27(28,29)30)37(34,35)25-12-5-8-19-7-3-4-11-24(19)25/h3-17H,18H2,1-2H3. The van der Waals surface area contributed by atoms with E-state index >= 15 is 0 Å². The highest BCUT2D eigenvalue weighted by Gasteiger charge is 2.34. The van der Waals surface area contributed by atoms with Gasteiger partial charge in [0.25, 0.3) is 10.0 Å². The minimum absolute atomic E-state index is 0.122. The molecule has 6 nitrogen and oxygen atoms in total. The van der Waals surface area contributed by atoms with E-state index < -0.39 is 34.2 Å². The molecular formula is C27H23F3N2O4S. The van der Waals surface area contributed by atoms with Crippen molar-refractivity contribution in [1.82, 2.24) is 0 Å². The molecule has 10 heteroatoms. The van der Waals surface area contributed by atoms with E-state index in [1.54, 1.807) is 60.7 Å². The topological polar surface area (TPSA) is 66.9 Å². The first-order valence-corrected chi connectivity index (χ1v) is 12.5. The molecule has 1 amide bonds. The lowest BCUT2D eigenvalue weighted by Gasteiger charge is -2.27. The highest BCUT2D eigenvalue weighted by atomic mass is 32.2. The van der Waals surface area contributed by atoms with Crippen LogP contribution in [0.15, 0.2) is 95.9 Å². The van der Waals surface area contributed by atoms with Crippen LogP contribution in [-0.4, -0.2) is 35.0 Å². The van der Waals surface area contributed by atoms with Gasteiger partial charge in [0.1, 0.15) is 12.3 Å². The molecular weight excluding hydrogens is 505 g/mol. The van der Waals surface area contributed by atoms with E-state index in [1.165, 1.54) is 31.2 Å². The Morgan fingerprint density at radius 1 is 0.865 bits per heavy atom. The normalized spacial score (nSPS) is 11.8. The van der Waals surface area contributed by atoms with Crippen molar-refractivity contribution in [2.45, 2.75) is 11.1 Å². The average molecular weight is 529 g/mol. The Bertz CT molecular complexity index is 1530. The number of methoxy groups -OCH3 is 1. The van der Waals surface area contributed by atoms with Gasteiger partial charge in [-0.3, -0.25) is 9.10 Å². The molecule has 0 aliphatic heterocycles. The second-order valence-electron chi connectivity index (χ2n) is 8.19. The van der Waals surface area contributed by atoms with Crippen molar-refractivity contribution >= 4 is 38.1 Å². The van der Waals surface area contributed by atoms with Crippen molar-refractivity contribution in [3.8, 4) is 5.75 Å². The number of fused-ring (bicyclic) bond motifs is 1. The van der Waals surface area contributed by atoms with Crippen molar-refractivity contribution in [2.75, 3.05) is 29.9 Å². The molecule has 4 aromatic carbocycles. The quantitative estimate of drug-likeness (QED) is 0.308. The van der Waals surface area contributed by atoms with Crippen LogP contribution in [0.2, 0.25) is 0 Å². The van der Waals surface area contributed by atoms with E-state index in [0.29, 0.717) is 26.5 Å². The predicted molar refractivity (Wildman–Crippen MR) is 136 cm³/mol. The molecule has 0 spiro atoms. The first-order valence-electron chi connectivity index (χ1n) is 11.1. The molecule has 0 fully saturated rings. The smallest absolute Gasteiger partial charge is 0.416 e. The summed E-state index contributed by atoms with van der Waals surface area (Å²) in [5.41, 5.74) is -0.851. The molecule has 0 saturated carbocycles. The van der Waals surface area contributed by atoms with Crippen molar-refractivity contribution in [1.29, 1.82) is 0 Å². The zero-order valence-corrected chi connectivity index (χ0v) is 20.8. The molecule has 0 N–H and O–H groups in total. The molecule has 0 radical (unpaired) electrons. The van der Waals surface area contributed by atoms with Crippen LogP contribution in [-0.2, 0) is 21.0 Å². The summed E-state index contributed by atoms with van der Waals surface area (Å²) in [6.45, 7) is -0.727. The predicted octanol–water partition coefficient (Wildman–Crippen LogP) is 5.73. The highest BCUT2D eigenvalue weighted by molar-refractivity contribution is 7.93. The van der Waals surface area contributed by atoms with E-state index in [1.807, 2.05) is 0 Å². The maximum absolute atomic E-state index is 13.9. The maximum Gasteiger partial charge on any atom is 0.416 e. The monoisotopic (exact) mass is 528 g/mol. The number of hydrogen-bond acceptors (Lipinski definition) is 4. The SMILES string of the molecule is COc1ccc(N(C)C(=O)CN(c2cccc(C(F)(F)F)c2)S(=O)(=O)c2cccc3ccccc23)cc1. The fourth-order valence-electron chi connectivity index (χ4n) is 3.87. The molecule has 0 saturated heterocycles. The van der Waals surface area contributed by atoms with E-state index in [2.05, 4.69) is 0 Å². The molecule has 0 heterocycles. The first-order chi connectivity index (χ1) is 17.5. The third-order valence-electron chi connectivity index (χ3n) is 5.89. The number of sulfonamides is 1. The summed E-state index contributed by atoms with van der Waals surface area (Å²) in [4.78, 5) is 14.4. The number of carbonyl (C=O) groups excluding carboxylic acids is 1. The summed E-state index contributed by atoms with van der Waals surface area (Å²) in [7, 11) is -1.51. The summed E-state index contributed by atoms with van der Waals surface area (Å²) < 4.78 is 74.2. The van der Waals surface area contributed by atoms with Crippen LogP contribution in [0.25, 0.3) is 10.8 Å². The lowest BCUT2D eigenvalue weighted by atomic mass is 10.1. The Balaban J connectivity index is 1.80. The van der Waals surface area contributed by atoms with E-state index in [0.717, 1.165) is 18.2 Å². The summed E-state index contributed by atoms with van der Waals surface area (Å²) >= 11 is 0. The number of rotatable bonds is 7. The lowest BCUT2D eigenvalue weighted by molar-refractivity contribution is -0.137. The summed E-state index contributed by atoms with van der Waals surface area (Å²) in [6, 6.07) is 21.8. The molecule has 0 aliphatic rings. The second-order valence-corrected chi connectivity index (χ2v) is 10.0. The molecule has 0 aliphatic carbocycles. The van der Waals surface area contributed by atoms with Crippen LogP contribution in [0, 0.1) is 0 Å². The van der Waals surface area contributed by atoms with Crippen molar-refractivity contribution in [2.24, 2.45) is 0 Å². The molecule has 0 unspecified atom stereocenters. The van der Waals surface area contributed by atoms with Gasteiger partial charge in [-0.05, 0) is 53.9 Å². The van der Waals surface area contributed by atoms with Crippen LogP contribution < -0.4 is 13.9 Å². The molecule has 0 aromatic heterocycles. The van der Waals surface area contributed by atoms with E-state index in [-0.39, 0.29) is 10.6 Å². The Morgan fingerprint density at radius 3 is 2.19 bits per heavy atom. The fraction of sp³-hybridized carbons (Fsp3) is 0.148. The summed E-state index contributed by atoms with van der Waals surface area (Å²) in [5.74, 6) is -0.0832. The van der Waals surface area contributed by atoms with Crippen molar-refractivity contribution in [3.05, 3.63) is 96.6 Å². The van der Waals surface area contributed by atoms with Gasteiger partial charge in [0.15, 0.2) is 0 Å². The van der Waals surface area contributed by atoms with Gasteiger partial charge in [0, 0.05) is 18.1 Å². The van der Waals surface area contributed by atoms with Gasteiger partial charge >= 0.3 is 6.18 Å². The minimum atomic E-state index is -4.70. The number of hydrogen-bond donors (Lipinski definition) is 0. The summed E-state index contributed by atoms with van der Waals surface area (Å²) in [5, 5.41) is 1.02. The van der Waals surface area contributed by atoms with Crippen molar-refractivity contribution in [3.63, 3.8) is 0 Å². The van der Waals surface area contributed by atoms with Crippen LogP contribution >= 0.6 is 0 Å². The number of nitrogens with zero attached hydrogens (tertiary/aromatic N) is 2. The number of benzene rings is 4. The number of amides is 1. The van der Waals surface area contributed by atoms with Crippen LogP contribution in [0.5, 0.6) is 5.75 Å². The number of likely N-dealkylation sites (N-methyl/N-ethyl adjacent to an activating group) is 1. The number of alkyl halides is 3. The molecule has 4 aromatic rings. The van der Waals surface area contributed by atoms with Gasteiger partial charge in [-0.1, -0.05) is 42.5 Å². The number of anilines is 2. The molecule has 0 bridgehead atoms. The number of halogens is 3. The second kappa shape index (κ2) is 10.1. The minimum Gasteiger partial charge on any atom is -0.497 e. The largest absolute Gasteiger partial charge is 0.497 e.